The summed E-state index contributed by atoms with van der Waals surface area (Å²) in [5, 5.41) is 3.84. The first-order chi connectivity index (χ1) is 13.9. The van der Waals surface area contributed by atoms with Gasteiger partial charge < -0.3 is 14.6 Å². The number of carbonyl (C=O) groups is 1. The first-order valence-electron chi connectivity index (χ1n) is 9.29. The fraction of sp³-hybridized carbons (Fsp3) is 0.333. The Morgan fingerprint density at radius 2 is 2.03 bits per heavy atom. The highest BCUT2D eigenvalue weighted by atomic mass is 35.5. The highest BCUT2D eigenvalue weighted by Gasteiger charge is 2.18. The van der Waals surface area contributed by atoms with Gasteiger partial charge in [0.15, 0.2) is 0 Å². The minimum Gasteiger partial charge on any atom is -0.464 e. The third-order valence-corrected chi connectivity index (χ3v) is 4.84. The minimum absolute atomic E-state index is 0.0936. The van der Waals surface area contributed by atoms with Crippen molar-refractivity contribution in [1.29, 1.82) is 0 Å². The van der Waals surface area contributed by atoms with E-state index in [4.69, 9.17) is 16.3 Å². The summed E-state index contributed by atoms with van der Waals surface area (Å²) in [4.78, 5) is 24.8. The maximum Gasteiger partial charge on any atom is 0.354 e. The summed E-state index contributed by atoms with van der Waals surface area (Å²) in [6.45, 7) is 7.16. The van der Waals surface area contributed by atoms with Crippen molar-refractivity contribution in [2.75, 3.05) is 7.11 Å². The predicted octanol–water partition coefficient (Wildman–Crippen LogP) is 3.58. The topological polar surface area (TPSA) is 81.9 Å². The summed E-state index contributed by atoms with van der Waals surface area (Å²) in [5.74, 6) is -0.382. The normalized spacial score (nSPS) is 12.0. The fourth-order valence-electron chi connectivity index (χ4n) is 3.14. The molecule has 0 fully saturated rings. The van der Waals surface area contributed by atoms with Crippen molar-refractivity contribution < 1.29 is 9.53 Å². The van der Waals surface area contributed by atoms with Gasteiger partial charge in [0, 0.05) is 42.8 Å². The van der Waals surface area contributed by atoms with Crippen LogP contribution in [0.25, 0.3) is 11.1 Å². The van der Waals surface area contributed by atoms with E-state index in [0.717, 1.165) is 28.1 Å². The van der Waals surface area contributed by atoms with Crippen molar-refractivity contribution in [2.45, 2.75) is 39.9 Å². The highest BCUT2D eigenvalue weighted by Crippen LogP contribution is 2.27. The standard InChI is InChI=1S/C21H24ClN5O2/c1-13-8-24-20(22)7-18(13)16-6-19(21(28)29-4)27(11-16)10-15(3)23-9-17-5-14(2)25-12-26-17/h5-8,11-12,15,23H,9-10H2,1-4H3. The molecule has 152 valence electrons. The third kappa shape index (κ3) is 5.19. The number of nitrogens with zero attached hydrogens (tertiary/aromatic N) is 4. The summed E-state index contributed by atoms with van der Waals surface area (Å²) < 4.78 is 6.87. The van der Waals surface area contributed by atoms with Gasteiger partial charge in [0.1, 0.15) is 17.2 Å². The van der Waals surface area contributed by atoms with Crippen molar-refractivity contribution in [2.24, 2.45) is 0 Å². The van der Waals surface area contributed by atoms with Gasteiger partial charge in [0.05, 0.1) is 12.8 Å². The van der Waals surface area contributed by atoms with E-state index >= 15 is 0 Å². The van der Waals surface area contributed by atoms with E-state index in [1.807, 2.05) is 36.7 Å². The van der Waals surface area contributed by atoms with Gasteiger partial charge in [0.2, 0.25) is 0 Å². The largest absolute Gasteiger partial charge is 0.464 e. The minimum atomic E-state index is -0.382. The molecular formula is C21H24ClN5O2. The van der Waals surface area contributed by atoms with Crippen LogP contribution in [0.1, 0.15) is 34.4 Å². The van der Waals surface area contributed by atoms with E-state index < -0.39 is 0 Å². The number of aromatic nitrogens is 4. The maximum atomic E-state index is 12.3. The number of carbonyl (C=O) groups excluding carboxylic acids is 1. The third-order valence-electron chi connectivity index (χ3n) is 4.63. The van der Waals surface area contributed by atoms with Crippen LogP contribution < -0.4 is 5.32 Å². The van der Waals surface area contributed by atoms with Crippen LogP contribution in [0.3, 0.4) is 0 Å². The van der Waals surface area contributed by atoms with E-state index in [1.165, 1.54) is 7.11 Å². The molecule has 29 heavy (non-hydrogen) atoms. The van der Waals surface area contributed by atoms with Crippen LogP contribution in [-0.4, -0.2) is 38.6 Å². The fourth-order valence-corrected chi connectivity index (χ4v) is 3.30. The lowest BCUT2D eigenvalue weighted by atomic mass is 10.1. The quantitative estimate of drug-likeness (QED) is 0.471. The zero-order valence-electron chi connectivity index (χ0n) is 16.9. The maximum absolute atomic E-state index is 12.3. The van der Waals surface area contributed by atoms with Crippen LogP contribution in [0, 0.1) is 13.8 Å². The molecule has 0 saturated heterocycles. The van der Waals surface area contributed by atoms with E-state index in [0.29, 0.717) is 23.9 Å². The van der Waals surface area contributed by atoms with Gasteiger partial charge in [-0.25, -0.2) is 19.7 Å². The molecule has 0 aliphatic carbocycles. The number of aryl methyl sites for hydroxylation is 2. The van der Waals surface area contributed by atoms with Crippen LogP contribution in [0.5, 0.6) is 0 Å². The van der Waals surface area contributed by atoms with Gasteiger partial charge in [-0.2, -0.15) is 0 Å². The van der Waals surface area contributed by atoms with Crippen molar-refractivity contribution in [3.8, 4) is 11.1 Å². The summed E-state index contributed by atoms with van der Waals surface area (Å²) in [6.07, 6.45) is 5.23. The first-order valence-corrected chi connectivity index (χ1v) is 9.67. The Labute approximate surface area is 175 Å². The Bertz CT molecular complexity index is 1020. The zero-order chi connectivity index (χ0) is 21.0. The number of ether oxygens (including phenoxy) is 1. The van der Waals surface area contributed by atoms with E-state index in [-0.39, 0.29) is 12.0 Å². The lowest BCUT2D eigenvalue weighted by Gasteiger charge is -2.16. The molecule has 8 heteroatoms. The molecule has 7 nitrogen and oxygen atoms in total. The molecule has 0 radical (unpaired) electrons. The van der Waals surface area contributed by atoms with Crippen LogP contribution in [0.4, 0.5) is 0 Å². The number of rotatable bonds is 7. The van der Waals surface area contributed by atoms with Gasteiger partial charge in [-0.15, -0.1) is 0 Å². The predicted molar refractivity (Wildman–Crippen MR) is 112 cm³/mol. The lowest BCUT2D eigenvalue weighted by Crippen LogP contribution is -2.31. The monoisotopic (exact) mass is 413 g/mol. The molecule has 0 aromatic carbocycles. The Hall–Kier alpha value is -2.77. The number of nitrogens with one attached hydrogen (secondary N) is 1. The van der Waals surface area contributed by atoms with Crippen molar-refractivity contribution in [3.05, 3.63) is 64.7 Å². The number of hydrogen-bond acceptors (Lipinski definition) is 6. The SMILES string of the molecule is COC(=O)c1cc(-c2cc(Cl)ncc2C)cn1CC(C)NCc1cc(C)ncn1. The van der Waals surface area contributed by atoms with Crippen LogP contribution in [0.15, 0.2) is 36.9 Å². The molecule has 0 aliphatic rings. The van der Waals surface area contributed by atoms with Gasteiger partial charge in [-0.05, 0) is 50.1 Å². The first kappa shape index (κ1) is 21.0. The molecule has 0 amide bonds. The number of methoxy groups -OCH3 is 1. The molecule has 3 aromatic rings. The Balaban J connectivity index is 1.81. The molecule has 1 N–H and O–H groups in total. The second kappa shape index (κ2) is 9.15. The summed E-state index contributed by atoms with van der Waals surface area (Å²) in [7, 11) is 1.38. The number of halogens is 1. The average molecular weight is 414 g/mol. The van der Waals surface area contributed by atoms with Crippen LogP contribution in [-0.2, 0) is 17.8 Å². The van der Waals surface area contributed by atoms with Crippen molar-refractivity contribution in [3.63, 3.8) is 0 Å². The number of hydrogen-bond donors (Lipinski definition) is 1. The molecule has 3 aromatic heterocycles. The average Bonchev–Trinajstić information content (AvgIpc) is 3.11. The van der Waals surface area contributed by atoms with E-state index in [9.17, 15) is 4.79 Å². The number of pyridine rings is 1. The van der Waals surface area contributed by atoms with Crippen LogP contribution in [0.2, 0.25) is 5.15 Å². The number of esters is 1. The van der Waals surface area contributed by atoms with Gasteiger partial charge in [0.25, 0.3) is 0 Å². The zero-order valence-corrected chi connectivity index (χ0v) is 17.7. The highest BCUT2D eigenvalue weighted by molar-refractivity contribution is 6.29. The summed E-state index contributed by atoms with van der Waals surface area (Å²) in [5.41, 5.74) is 5.15. The molecule has 0 spiro atoms. The van der Waals surface area contributed by atoms with Gasteiger partial charge >= 0.3 is 5.97 Å². The van der Waals surface area contributed by atoms with Crippen molar-refractivity contribution >= 4 is 17.6 Å². The lowest BCUT2D eigenvalue weighted by molar-refractivity contribution is 0.0588. The molecule has 1 atom stereocenters. The Kier molecular flexibility index (Phi) is 6.61. The summed E-state index contributed by atoms with van der Waals surface area (Å²) >= 11 is 6.07. The summed E-state index contributed by atoms with van der Waals surface area (Å²) in [6, 6.07) is 5.67. The molecule has 0 aliphatic heterocycles. The molecule has 1 unspecified atom stereocenters. The molecule has 3 rings (SSSR count). The van der Waals surface area contributed by atoms with E-state index in [2.05, 4.69) is 27.2 Å². The molecule has 0 bridgehead atoms. The van der Waals surface area contributed by atoms with E-state index in [1.54, 1.807) is 18.6 Å². The molecule has 0 saturated carbocycles. The van der Waals surface area contributed by atoms with Crippen molar-refractivity contribution in [1.82, 2.24) is 24.8 Å². The van der Waals surface area contributed by atoms with Crippen LogP contribution >= 0.6 is 11.6 Å². The second-order valence-corrected chi connectivity index (χ2v) is 7.40. The Morgan fingerprint density at radius 1 is 1.24 bits per heavy atom. The molecule has 3 heterocycles. The second-order valence-electron chi connectivity index (χ2n) is 7.01. The van der Waals surface area contributed by atoms with Gasteiger partial charge in [-0.1, -0.05) is 11.6 Å². The van der Waals surface area contributed by atoms with Gasteiger partial charge in [-0.3, -0.25) is 0 Å². The Morgan fingerprint density at radius 3 is 2.76 bits per heavy atom. The molecular weight excluding hydrogens is 390 g/mol. The smallest absolute Gasteiger partial charge is 0.354 e.